The molecule has 39 heavy (non-hydrogen) atoms. The highest BCUT2D eigenvalue weighted by Crippen LogP contribution is 2.36. The van der Waals surface area contributed by atoms with Gasteiger partial charge in [-0.15, -0.1) is 11.3 Å². The number of anilines is 2. The first kappa shape index (κ1) is 26.4. The largest absolute Gasteiger partial charge is 0.418 e. The molecule has 10 heteroatoms. The quantitative estimate of drug-likeness (QED) is 0.270. The van der Waals surface area contributed by atoms with Crippen molar-refractivity contribution in [1.82, 2.24) is 9.88 Å². The van der Waals surface area contributed by atoms with Crippen LogP contribution in [-0.4, -0.2) is 34.4 Å². The zero-order chi connectivity index (χ0) is 27.4. The molecular formula is C29H25F3N4O2S. The molecule has 5 rings (SSSR count). The molecule has 1 atom stereocenters. The second kappa shape index (κ2) is 11.3. The average Bonchev–Trinajstić information content (AvgIpc) is 3.57. The maximum Gasteiger partial charge on any atom is 0.418 e. The Balaban J connectivity index is 1.34. The molecule has 0 aliphatic carbocycles. The molecule has 200 valence electrons. The first-order chi connectivity index (χ1) is 18.8. The molecule has 1 fully saturated rings. The van der Waals surface area contributed by atoms with Crippen LogP contribution >= 0.6 is 11.3 Å². The van der Waals surface area contributed by atoms with Crippen LogP contribution in [0.1, 0.15) is 28.8 Å². The van der Waals surface area contributed by atoms with Crippen LogP contribution in [0, 0.1) is 0 Å². The lowest BCUT2D eigenvalue weighted by atomic mass is 10.1. The molecule has 1 aromatic heterocycles. The van der Waals surface area contributed by atoms with Gasteiger partial charge in [0, 0.05) is 23.4 Å². The van der Waals surface area contributed by atoms with E-state index in [4.69, 9.17) is 4.98 Å². The van der Waals surface area contributed by atoms with Crippen molar-refractivity contribution in [3.63, 3.8) is 0 Å². The number of nitrogens with one attached hydrogen (secondary N) is 2. The van der Waals surface area contributed by atoms with Crippen LogP contribution in [0.5, 0.6) is 0 Å². The third kappa shape index (κ3) is 6.12. The van der Waals surface area contributed by atoms with Crippen LogP contribution in [0.25, 0.3) is 11.3 Å². The number of amides is 3. The Morgan fingerprint density at radius 3 is 2.31 bits per heavy atom. The molecule has 0 radical (unpaired) electrons. The third-order valence-corrected chi connectivity index (χ3v) is 7.44. The van der Waals surface area contributed by atoms with Crippen LogP contribution < -0.4 is 10.6 Å². The number of thiazole rings is 1. The Bertz CT molecular complexity index is 1460. The highest BCUT2D eigenvalue weighted by atomic mass is 32.1. The second-order valence-corrected chi connectivity index (χ2v) is 10.2. The first-order valence-electron chi connectivity index (χ1n) is 12.4. The van der Waals surface area contributed by atoms with Crippen molar-refractivity contribution in [3.8, 4) is 11.3 Å². The number of benzene rings is 3. The number of hydrogen-bond donors (Lipinski definition) is 2. The molecule has 3 amide bonds. The summed E-state index contributed by atoms with van der Waals surface area (Å²) in [4.78, 5) is 33.2. The number of halogens is 3. The maximum atomic E-state index is 13.4. The fraction of sp³-hybridized carbons (Fsp3) is 0.207. The number of aromatic nitrogens is 1. The Hall–Kier alpha value is -4.18. The van der Waals surface area contributed by atoms with Gasteiger partial charge in [-0.1, -0.05) is 72.8 Å². The predicted octanol–water partition coefficient (Wildman–Crippen LogP) is 7.05. The van der Waals surface area contributed by atoms with E-state index in [0.717, 1.165) is 27.8 Å². The van der Waals surface area contributed by atoms with Gasteiger partial charge in [-0.25, -0.2) is 9.78 Å². The number of nitrogens with zero attached hydrogens (tertiary/aromatic N) is 2. The zero-order valence-electron chi connectivity index (χ0n) is 20.7. The van der Waals surface area contributed by atoms with Crippen LogP contribution in [-0.2, 0) is 17.4 Å². The molecule has 1 aliphatic heterocycles. The number of para-hydroxylation sites is 1. The van der Waals surface area contributed by atoms with Gasteiger partial charge in [-0.2, -0.15) is 13.2 Å². The number of carbonyl (C=O) groups is 2. The van der Waals surface area contributed by atoms with Crippen molar-refractivity contribution in [2.45, 2.75) is 31.5 Å². The van der Waals surface area contributed by atoms with Crippen molar-refractivity contribution in [2.75, 3.05) is 17.2 Å². The number of urea groups is 1. The standard InChI is InChI=1S/C29H25F3N4O2S/c30-29(31,32)21-14-7-8-15-22(21)33-28(38)36-17-9-16-23(36)26(37)35-27-34-25(20-12-5-2-6-13-20)24(39-27)18-19-10-3-1-4-11-19/h1-8,10-15,23H,9,16-18H2,(H,33,38)(H,34,35,37)/t23-/m0/s1. The zero-order valence-corrected chi connectivity index (χ0v) is 21.6. The molecule has 2 N–H and O–H groups in total. The molecule has 1 aliphatic rings. The number of carbonyl (C=O) groups excluding carboxylic acids is 2. The number of alkyl halides is 3. The molecule has 3 aromatic carbocycles. The monoisotopic (exact) mass is 550 g/mol. The van der Waals surface area contributed by atoms with E-state index in [0.29, 0.717) is 24.4 Å². The molecule has 0 bridgehead atoms. The van der Waals surface area contributed by atoms with Crippen LogP contribution in [0.2, 0.25) is 0 Å². The molecule has 6 nitrogen and oxygen atoms in total. The molecule has 1 saturated heterocycles. The lowest BCUT2D eigenvalue weighted by Gasteiger charge is -2.24. The van der Waals surface area contributed by atoms with Crippen molar-refractivity contribution >= 4 is 34.1 Å². The van der Waals surface area contributed by atoms with Gasteiger partial charge in [-0.3, -0.25) is 4.79 Å². The van der Waals surface area contributed by atoms with E-state index >= 15 is 0 Å². The SMILES string of the molecule is O=C(Nc1nc(-c2ccccc2)c(Cc2ccccc2)s1)[C@@H]1CCCN1C(=O)Nc1ccccc1C(F)(F)F. The maximum absolute atomic E-state index is 13.4. The summed E-state index contributed by atoms with van der Waals surface area (Å²) in [5.41, 5.74) is 1.50. The number of hydrogen-bond acceptors (Lipinski definition) is 4. The van der Waals surface area contributed by atoms with Gasteiger partial charge in [0.1, 0.15) is 6.04 Å². The third-order valence-electron chi connectivity index (χ3n) is 6.47. The van der Waals surface area contributed by atoms with E-state index in [1.54, 1.807) is 0 Å². The Labute approximate surface area is 227 Å². The van der Waals surface area contributed by atoms with Crippen molar-refractivity contribution in [3.05, 3.63) is 101 Å². The Morgan fingerprint density at radius 2 is 1.59 bits per heavy atom. The highest BCUT2D eigenvalue weighted by molar-refractivity contribution is 7.16. The highest BCUT2D eigenvalue weighted by Gasteiger charge is 2.37. The number of rotatable bonds is 6. The van der Waals surface area contributed by atoms with Crippen molar-refractivity contribution in [1.29, 1.82) is 0 Å². The first-order valence-corrected chi connectivity index (χ1v) is 13.2. The van der Waals surface area contributed by atoms with Gasteiger partial charge in [-0.05, 0) is 30.5 Å². The summed E-state index contributed by atoms with van der Waals surface area (Å²) in [7, 11) is 0. The number of likely N-dealkylation sites (tertiary alicyclic amines) is 1. The van der Waals surface area contributed by atoms with Crippen molar-refractivity contribution < 1.29 is 22.8 Å². The average molecular weight is 551 g/mol. The van der Waals surface area contributed by atoms with E-state index in [9.17, 15) is 22.8 Å². The molecule has 0 unspecified atom stereocenters. The molecular weight excluding hydrogens is 525 g/mol. The lowest BCUT2D eigenvalue weighted by molar-refractivity contribution is -0.137. The van der Waals surface area contributed by atoms with Crippen LogP contribution in [0.4, 0.5) is 28.8 Å². The van der Waals surface area contributed by atoms with Gasteiger partial charge < -0.3 is 15.5 Å². The normalized spacial score (nSPS) is 15.3. The van der Waals surface area contributed by atoms with Gasteiger partial charge in [0.15, 0.2) is 5.13 Å². The van der Waals surface area contributed by atoms with E-state index < -0.39 is 29.7 Å². The van der Waals surface area contributed by atoms with Gasteiger partial charge in [0.2, 0.25) is 5.91 Å². The topological polar surface area (TPSA) is 74.3 Å². The lowest BCUT2D eigenvalue weighted by Crippen LogP contribution is -2.45. The molecule has 0 spiro atoms. The van der Waals surface area contributed by atoms with Crippen LogP contribution in [0.15, 0.2) is 84.9 Å². The molecule has 0 saturated carbocycles. The van der Waals surface area contributed by atoms with E-state index in [1.807, 2.05) is 60.7 Å². The fourth-order valence-corrected chi connectivity index (χ4v) is 5.65. The van der Waals surface area contributed by atoms with E-state index in [2.05, 4.69) is 10.6 Å². The minimum atomic E-state index is -4.62. The fourth-order valence-electron chi connectivity index (χ4n) is 4.63. The Kier molecular flexibility index (Phi) is 7.65. The summed E-state index contributed by atoms with van der Waals surface area (Å²) in [5, 5.41) is 5.60. The minimum Gasteiger partial charge on any atom is -0.312 e. The molecule has 4 aromatic rings. The minimum absolute atomic E-state index is 0.254. The van der Waals surface area contributed by atoms with E-state index in [-0.39, 0.29) is 12.2 Å². The second-order valence-electron chi connectivity index (χ2n) is 9.13. The molecule has 2 heterocycles. The summed E-state index contributed by atoms with van der Waals surface area (Å²) < 4.78 is 40.1. The summed E-state index contributed by atoms with van der Waals surface area (Å²) in [5.74, 6) is -0.425. The van der Waals surface area contributed by atoms with Crippen molar-refractivity contribution in [2.24, 2.45) is 0 Å². The summed E-state index contributed by atoms with van der Waals surface area (Å²) in [6.45, 7) is 0.254. The van der Waals surface area contributed by atoms with Crippen LogP contribution in [0.3, 0.4) is 0 Å². The summed E-state index contributed by atoms with van der Waals surface area (Å²) in [6, 6.07) is 22.8. The smallest absolute Gasteiger partial charge is 0.312 e. The van der Waals surface area contributed by atoms with Gasteiger partial charge >= 0.3 is 12.2 Å². The summed E-state index contributed by atoms with van der Waals surface area (Å²) >= 11 is 1.37. The van der Waals surface area contributed by atoms with Gasteiger partial charge in [0.25, 0.3) is 0 Å². The summed E-state index contributed by atoms with van der Waals surface area (Å²) in [6.07, 6.45) is -3.04. The van der Waals surface area contributed by atoms with Gasteiger partial charge in [0.05, 0.1) is 16.9 Å². The predicted molar refractivity (Wildman–Crippen MR) is 146 cm³/mol. The Morgan fingerprint density at radius 1 is 0.923 bits per heavy atom. The van der Waals surface area contributed by atoms with E-state index in [1.165, 1.54) is 34.4 Å².